The third-order valence-electron chi connectivity index (χ3n) is 4.38. The summed E-state index contributed by atoms with van der Waals surface area (Å²) in [5.74, 6) is -0.935. The number of unbranched alkanes of at least 4 members (excludes halogenated alkanes) is 1. The summed E-state index contributed by atoms with van der Waals surface area (Å²) in [6.07, 6.45) is 1.92. The van der Waals surface area contributed by atoms with Crippen molar-refractivity contribution in [3.8, 4) is 0 Å². The minimum Gasteiger partial charge on any atom is -0.356 e. The van der Waals surface area contributed by atoms with Crippen LogP contribution in [-0.2, 0) is 4.79 Å². The topological polar surface area (TPSA) is 61.4 Å². The van der Waals surface area contributed by atoms with Gasteiger partial charge in [0.2, 0.25) is 5.91 Å². The number of rotatable bonds is 6. The summed E-state index contributed by atoms with van der Waals surface area (Å²) in [6.45, 7) is 5.85. The number of nitrogens with zero attached hydrogens (tertiary/aromatic N) is 1. The number of halogens is 1. The van der Waals surface area contributed by atoms with E-state index >= 15 is 0 Å². The number of carbonyl (C=O) groups excluding carboxylic acids is 2. The highest BCUT2D eigenvalue weighted by molar-refractivity contribution is 5.82. The Labute approximate surface area is 142 Å². The number of likely N-dealkylation sites (tertiary alicyclic amines) is 1. The third kappa shape index (κ3) is 4.46. The molecule has 0 bridgehead atoms. The zero-order chi connectivity index (χ0) is 17.5. The molecule has 0 aromatic heterocycles. The number of nitrogens with one attached hydrogen (secondary N) is 2. The van der Waals surface area contributed by atoms with Crippen molar-refractivity contribution in [1.29, 1.82) is 0 Å². The van der Waals surface area contributed by atoms with Gasteiger partial charge in [-0.2, -0.15) is 0 Å². The number of hydrogen-bond acceptors (Lipinski definition) is 2. The zero-order valence-corrected chi connectivity index (χ0v) is 14.3. The Kier molecular flexibility index (Phi) is 6.58. The maximum atomic E-state index is 13.6. The van der Waals surface area contributed by atoms with Crippen LogP contribution in [0.15, 0.2) is 24.3 Å². The maximum absolute atomic E-state index is 13.6. The highest BCUT2D eigenvalue weighted by Gasteiger charge is 2.40. The lowest BCUT2D eigenvalue weighted by molar-refractivity contribution is -0.124. The van der Waals surface area contributed by atoms with Gasteiger partial charge in [-0.05, 0) is 31.0 Å². The van der Waals surface area contributed by atoms with Crippen LogP contribution in [0.4, 0.5) is 9.18 Å². The second kappa shape index (κ2) is 8.66. The molecule has 1 aliphatic heterocycles. The van der Waals surface area contributed by atoms with Crippen molar-refractivity contribution in [1.82, 2.24) is 15.5 Å². The van der Waals surface area contributed by atoms with Crippen LogP contribution in [0.3, 0.4) is 0 Å². The van der Waals surface area contributed by atoms with E-state index in [1.807, 2.05) is 13.0 Å². The largest absolute Gasteiger partial charge is 0.356 e. The molecule has 1 saturated heterocycles. The standard InChI is InChI=1S/C18H26FN3O2/c1-3-5-9-21-17(23)16-12-22(18(24)20-4-2)11-15(16)13-7-6-8-14(19)10-13/h6-8,10,15-16H,3-5,9,11-12H2,1-2H3,(H,20,24)(H,21,23)/t15-,16+/m0/s1. The second-order valence-corrected chi connectivity index (χ2v) is 6.15. The smallest absolute Gasteiger partial charge is 0.317 e. The fourth-order valence-electron chi connectivity index (χ4n) is 3.09. The van der Waals surface area contributed by atoms with Crippen molar-refractivity contribution in [2.24, 2.45) is 5.92 Å². The van der Waals surface area contributed by atoms with Gasteiger partial charge in [0.25, 0.3) is 0 Å². The van der Waals surface area contributed by atoms with E-state index in [0.29, 0.717) is 26.2 Å². The lowest BCUT2D eigenvalue weighted by atomic mass is 9.88. The van der Waals surface area contributed by atoms with Gasteiger partial charge >= 0.3 is 6.03 Å². The van der Waals surface area contributed by atoms with E-state index in [9.17, 15) is 14.0 Å². The summed E-state index contributed by atoms with van der Waals surface area (Å²) in [4.78, 5) is 26.3. The molecule has 0 unspecified atom stereocenters. The molecule has 0 spiro atoms. The quantitative estimate of drug-likeness (QED) is 0.785. The van der Waals surface area contributed by atoms with Crippen molar-refractivity contribution in [2.75, 3.05) is 26.2 Å². The Hall–Kier alpha value is -2.11. The Bertz CT molecular complexity index is 579. The molecule has 0 radical (unpaired) electrons. The predicted octanol–water partition coefficient (Wildman–Crippen LogP) is 2.49. The monoisotopic (exact) mass is 335 g/mol. The first-order chi connectivity index (χ1) is 11.6. The molecule has 2 atom stereocenters. The molecule has 1 fully saturated rings. The first kappa shape index (κ1) is 18.2. The molecule has 132 valence electrons. The van der Waals surface area contributed by atoms with E-state index in [-0.39, 0.29) is 29.6 Å². The molecule has 2 rings (SSSR count). The van der Waals surface area contributed by atoms with Gasteiger partial charge in [-0.15, -0.1) is 0 Å². The summed E-state index contributed by atoms with van der Waals surface area (Å²) < 4.78 is 13.6. The van der Waals surface area contributed by atoms with Crippen LogP contribution in [-0.4, -0.2) is 43.0 Å². The molecular weight excluding hydrogens is 309 g/mol. The van der Waals surface area contributed by atoms with E-state index in [2.05, 4.69) is 17.6 Å². The van der Waals surface area contributed by atoms with Gasteiger partial charge in [0.15, 0.2) is 0 Å². The van der Waals surface area contributed by atoms with Crippen molar-refractivity contribution in [3.63, 3.8) is 0 Å². The molecule has 3 amide bonds. The number of amides is 3. The molecule has 5 nitrogen and oxygen atoms in total. The maximum Gasteiger partial charge on any atom is 0.317 e. The zero-order valence-electron chi connectivity index (χ0n) is 14.3. The van der Waals surface area contributed by atoms with Gasteiger partial charge in [-0.25, -0.2) is 9.18 Å². The number of benzene rings is 1. The SMILES string of the molecule is CCCCNC(=O)[C@@H]1CN(C(=O)NCC)C[C@H]1c1cccc(F)c1. The Morgan fingerprint density at radius 2 is 2.04 bits per heavy atom. The predicted molar refractivity (Wildman–Crippen MR) is 91.2 cm³/mol. The van der Waals surface area contributed by atoms with Gasteiger partial charge in [-0.1, -0.05) is 25.5 Å². The van der Waals surface area contributed by atoms with Crippen LogP contribution in [0.25, 0.3) is 0 Å². The summed E-state index contributed by atoms with van der Waals surface area (Å²) >= 11 is 0. The minimum absolute atomic E-state index is 0.0653. The van der Waals surface area contributed by atoms with Crippen LogP contribution in [0.2, 0.25) is 0 Å². The molecule has 1 aromatic rings. The van der Waals surface area contributed by atoms with Gasteiger partial charge in [-0.3, -0.25) is 4.79 Å². The third-order valence-corrected chi connectivity index (χ3v) is 4.38. The van der Waals surface area contributed by atoms with Crippen LogP contribution in [0, 0.1) is 11.7 Å². The van der Waals surface area contributed by atoms with Gasteiger partial charge in [0.05, 0.1) is 5.92 Å². The fourth-order valence-corrected chi connectivity index (χ4v) is 3.09. The molecule has 1 aliphatic rings. The summed E-state index contributed by atoms with van der Waals surface area (Å²) in [7, 11) is 0. The summed E-state index contributed by atoms with van der Waals surface area (Å²) in [6, 6.07) is 6.13. The van der Waals surface area contributed by atoms with Gasteiger partial charge in [0.1, 0.15) is 5.82 Å². The summed E-state index contributed by atoms with van der Waals surface area (Å²) in [5, 5.41) is 5.70. The fraction of sp³-hybridized carbons (Fsp3) is 0.556. The molecule has 24 heavy (non-hydrogen) atoms. The minimum atomic E-state index is -0.355. The molecule has 0 aliphatic carbocycles. The Balaban J connectivity index is 2.16. The molecule has 1 heterocycles. The second-order valence-electron chi connectivity index (χ2n) is 6.15. The lowest BCUT2D eigenvalue weighted by Crippen LogP contribution is -2.40. The highest BCUT2D eigenvalue weighted by atomic mass is 19.1. The Morgan fingerprint density at radius 3 is 2.71 bits per heavy atom. The highest BCUT2D eigenvalue weighted by Crippen LogP contribution is 2.33. The van der Waals surface area contributed by atoms with E-state index in [4.69, 9.17) is 0 Å². The first-order valence-corrected chi connectivity index (χ1v) is 8.62. The van der Waals surface area contributed by atoms with Crippen molar-refractivity contribution >= 4 is 11.9 Å². The molecule has 2 N–H and O–H groups in total. The van der Waals surface area contributed by atoms with Crippen molar-refractivity contribution in [2.45, 2.75) is 32.6 Å². The average molecular weight is 335 g/mol. The van der Waals surface area contributed by atoms with E-state index in [1.54, 1.807) is 11.0 Å². The first-order valence-electron chi connectivity index (χ1n) is 8.62. The van der Waals surface area contributed by atoms with Crippen molar-refractivity contribution in [3.05, 3.63) is 35.6 Å². The number of urea groups is 1. The van der Waals surface area contributed by atoms with E-state index in [1.165, 1.54) is 12.1 Å². The molecule has 1 aromatic carbocycles. The van der Waals surface area contributed by atoms with E-state index in [0.717, 1.165) is 18.4 Å². The van der Waals surface area contributed by atoms with Crippen LogP contribution < -0.4 is 10.6 Å². The Morgan fingerprint density at radius 1 is 1.25 bits per heavy atom. The van der Waals surface area contributed by atoms with E-state index < -0.39 is 0 Å². The van der Waals surface area contributed by atoms with Crippen LogP contribution >= 0.6 is 0 Å². The van der Waals surface area contributed by atoms with Crippen molar-refractivity contribution < 1.29 is 14.0 Å². The lowest BCUT2D eigenvalue weighted by Gasteiger charge is -2.18. The van der Waals surface area contributed by atoms with Crippen LogP contribution in [0.1, 0.15) is 38.2 Å². The van der Waals surface area contributed by atoms with Crippen LogP contribution in [0.5, 0.6) is 0 Å². The summed E-state index contributed by atoms with van der Waals surface area (Å²) in [5.41, 5.74) is 0.762. The number of hydrogen-bond donors (Lipinski definition) is 2. The van der Waals surface area contributed by atoms with Gasteiger partial charge < -0.3 is 15.5 Å². The molecule has 6 heteroatoms. The number of carbonyl (C=O) groups is 2. The normalized spacial score (nSPS) is 20.0. The molecular formula is C18H26FN3O2. The van der Waals surface area contributed by atoms with Gasteiger partial charge in [0, 0.05) is 32.1 Å². The molecule has 0 saturated carbocycles. The average Bonchev–Trinajstić information content (AvgIpc) is 3.01.